The molecule has 23 heavy (non-hydrogen) atoms. The van der Waals surface area contributed by atoms with Crippen LogP contribution in [0.5, 0.6) is 0 Å². The number of benzene rings is 2. The Labute approximate surface area is 140 Å². The number of nitrogens with one attached hydrogen (secondary N) is 1. The topological polar surface area (TPSA) is 66.5 Å². The number of para-hydroxylation sites is 1. The van der Waals surface area contributed by atoms with Crippen molar-refractivity contribution in [1.82, 2.24) is 4.31 Å². The van der Waals surface area contributed by atoms with E-state index in [0.29, 0.717) is 16.3 Å². The zero-order valence-corrected chi connectivity index (χ0v) is 14.1. The van der Waals surface area contributed by atoms with Crippen LogP contribution in [0.25, 0.3) is 0 Å². The van der Waals surface area contributed by atoms with Crippen molar-refractivity contribution in [3.05, 3.63) is 65.2 Å². The van der Waals surface area contributed by atoms with Gasteiger partial charge in [-0.3, -0.25) is 4.79 Å². The predicted octanol–water partition coefficient (Wildman–Crippen LogP) is 2.74. The maximum Gasteiger partial charge on any atom is 0.239 e. The summed E-state index contributed by atoms with van der Waals surface area (Å²) in [5.74, 6) is -0.596. The number of amides is 1. The Kier molecular flexibility index (Phi) is 5.76. The third-order valence-electron chi connectivity index (χ3n) is 3.18. The SMILES string of the molecule is CN(CC(=O)Nc1ccccc1Cl)S(=O)(=O)Cc1ccccc1. The molecule has 2 rings (SSSR count). The number of nitrogens with zero attached hydrogens (tertiary/aromatic N) is 1. The highest BCUT2D eigenvalue weighted by Crippen LogP contribution is 2.20. The Bertz CT molecular complexity index is 779. The van der Waals surface area contributed by atoms with Crippen molar-refractivity contribution in [3.8, 4) is 0 Å². The molecule has 122 valence electrons. The van der Waals surface area contributed by atoms with Gasteiger partial charge >= 0.3 is 0 Å². The smallest absolute Gasteiger partial charge is 0.239 e. The first-order valence-corrected chi connectivity index (χ1v) is 8.89. The predicted molar refractivity (Wildman–Crippen MR) is 91.8 cm³/mol. The van der Waals surface area contributed by atoms with Crippen molar-refractivity contribution >= 4 is 33.2 Å². The summed E-state index contributed by atoms with van der Waals surface area (Å²) >= 11 is 5.96. The van der Waals surface area contributed by atoms with E-state index < -0.39 is 15.9 Å². The number of anilines is 1. The molecule has 0 saturated heterocycles. The average molecular weight is 353 g/mol. The molecule has 1 N–H and O–H groups in total. The summed E-state index contributed by atoms with van der Waals surface area (Å²) < 4.78 is 25.6. The second-order valence-corrected chi connectivity index (χ2v) is 7.51. The molecule has 7 heteroatoms. The number of hydrogen-bond donors (Lipinski definition) is 1. The minimum absolute atomic E-state index is 0.149. The van der Waals surface area contributed by atoms with Gasteiger partial charge < -0.3 is 5.32 Å². The third kappa shape index (κ3) is 5.06. The van der Waals surface area contributed by atoms with Crippen LogP contribution in [-0.4, -0.2) is 32.2 Å². The monoisotopic (exact) mass is 352 g/mol. The van der Waals surface area contributed by atoms with Crippen LogP contribution in [0.3, 0.4) is 0 Å². The lowest BCUT2D eigenvalue weighted by Crippen LogP contribution is -2.35. The van der Waals surface area contributed by atoms with Gasteiger partial charge in [0.25, 0.3) is 0 Å². The molecular formula is C16H17ClN2O3S. The van der Waals surface area contributed by atoms with Crippen LogP contribution in [0, 0.1) is 0 Å². The first-order chi connectivity index (χ1) is 10.9. The molecular weight excluding hydrogens is 336 g/mol. The lowest BCUT2D eigenvalue weighted by Gasteiger charge is -2.17. The van der Waals surface area contributed by atoms with Gasteiger partial charge in [0.15, 0.2) is 0 Å². The largest absolute Gasteiger partial charge is 0.324 e. The van der Waals surface area contributed by atoms with Crippen molar-refractivity contribution in [1.29, 1.82) is 0 Å². The van der Waals surface area contributed by atoms with Gasteiger partial charge in [-0.2, -0.15) is 4.31 Å². The fraction of sp³-hybridized carbons (Fsp3) is 0.188. The van der Waals surface area contributed by atoms with E-state index in [1.165, 1.54) is 7.05 Å². The fourth-order valence-corrected chi connectivity index (χ4v) is 3.28. The Morgan fingerprint density at radius 1 is 1.09 bits per heavy atom. The van der Waals surface area contributed by atoms with Gasteiger partial charge in [-0.25, -0.2) is 8.42 Å². The number of rotatable bonds is 6. The quantitative estimate of drug-likeness (QED) is 0.869. The second-order valence-electron chi connectivity index (χ2n) is 5.03. The first-order valence-electron chi connectivity index (χ1n) is 6.91. The highest BCUT2D eigenvalue weighted by molar-refractivity contribution is 7.88. The van der Waals surface area contributed by atoms with Gasteiger partial charge in [-0.05, 0) is 17.7 Å². The number of carbonyl (C=O) groups is 1. The maximum atomic E-state index is 12.3. The van der Waals surface area contributed by atoms with E-state index in [1.807, 2.05) is 6.07 Å². The summed E-state index contributed by atoms with van der Waals surface area (Å²) in [4.78, 5) is 12.0. The summed E-state index contributed by atoms with van der Waals surface area (Å²) in [6.07, 6.45) is 0. The molecule has 0 heterocycles. The summed E-state index contributed by atoms with van der Waals surface area (Å²) in [6, 6.07) is 15.6. The van der Waals surface area contributed by atoms with Crippen LogP contribution in [-0.2, 0) is 20.6 Å². The van der Waals surface area contributed by atoms with E-state index in [-0.39, 0.29) is 12.3 Å². The molecule has 5 nitrogen and oxygen atoms in total. The fourth-order valence-electron chi connectivity index (χ4n) is 1.95. The second kappa shape index (κ2) is 7.59. The highest BCUT2D eigenvalue weighted by Gasteiger charge is 2.21. The van der Waals surface area contributed by atoms with Crippen molar-refractivity contribution in [2.45, 2.75) is 5.75 Å². The van der Waals surface area contributed by atoms with E-state index in [1.54, 1.807) is 48.5 Å². The van der Waals surface area contributed by atoms with Gasteiger partial charge in [0, 0.05) is 7.05 Å². The average Bonchev–Trinajstić information content (AvgIpc) is 2.50. The molecule has 0 fully saturated rings. The van der Waals surface area contributed by atoms with Crippen molar-refractivity contribution in [2.24, 2.45) is 0 Å². The molecule has 0 aromatic heterocycles. The lowest BCUT2D eigenvalue weighted by molar-refractivity contribution is -0.116. The first kappa shape index (κ1) is 17.5. The summed E-state index contributed by atoms with van der Waals surface area (Å²) in [6.45, 7) is -0.277. The Hall–Kier alpha value is -1.89. The molecule has 0 saturated carbocycles. The van der Waals surface area contributed by atoms with Crippen LogP contribution in [0.4, 0.5) is 5.69 Å². The number of likely N-dealkylation sites (N-methyl/N-ethyl adjacent to an activating group) is 1. The van der Waals surface area contributed by atoms with Gasteiger partial charge in [0.1, 0.15) is 0 Å². The maximum absolute atomic E-state index is 12.3. The molecule has 0 atom stereocenters. The van der Waals surface area contributed by atoms with Crippen molar-refractivity contribution in [2.75, 3.05) is 18.9 Å². The van der Waals surface area contributed by atoms with E-state index in [2.05, 4.69) is 5.32 Å². The Morgan fingerprint density at radius 3 is 2.35 bits per heavy atom. The van der Waals surface area contributed by atoms with Gasteiger partial charge in [0.2, 0.25) is 15.9 Å². The molecule has 0 radical (unpaired) electrons. The molecule has 0 aliphatic heterocycles. The molecule has 2 aromatic rings. The number of sulfonamides is 1. The number of carbonyl (C=O) groups excluding carboxylic acids is 1. The molecule has 2 aromatic carbocycles. The van der Waals surface area contributed by atoms with Crippen molar-refractivity contribution in [3.63, 3.8) is 0 Å². The molecule has 1 amide bonds. The van der Waals surface area contributed by atoms with Crippen LogP contribution < -0.4 is 5.32 Å². The molecule has 0 spiro atoms. The van der Waals surface area contributed by atoms with Crippen LogP contribution in [0.2, 0.25) is 5.02 Å². The molecule has 0 unspecified atom stereocenters. The number of hydrogen-bond acceptors (Lipinski definition) is 3. The molecule has 0 aliphatic rings. The Morgan fingerprint density at radius 2 is 1.70 bits per heavy atom. The van der Waals surface area contributed by atoms with E-state index in [9.17, 15) is 13.2 Å². The lowest BCUT2D eigenvalue weighted by atomic mass is 10.2. The Balaban J connectivity index is 1.99. The zero-order valence-electron chi connectivity index (χ0n) is 12.6. The van der Waals surface area contributed by atoms with E-state index in [0.717, 1.165) is 4.31 Å². The molecule has 0 bridgehead atoms. The zero-order chi connectivity index (χ0) is 16.9. The summed E-state index contributed by atoms with van der Waals surface area (Å²) in [5, 5.41) is 3.00. The van der Waals surface area contributed by atoms with Gasteiger partial charge in [-0.15, -0.1) is 0 Å². The van der Waals surface area contributed by atoms with Gasteiger partial charge in [-0.1, -0.05) is 54.1 Å². The standard InChI is InChI=1S/C16H17ClN2O3S/c1-19(23(21,22)12-13-7-3-2-4-8-13)11-16(20)18-15-10-6-5-9-14(15)17/h2-10H,11-12H2,1H3,(H,18,20). The normalized spacial score (nSPS) is 11.4. The van der Waals surface area contributed by atoms with E-state index in [4.69, 9.17) is 11.6 Å². The van der Waals surface area contributed by atoms with Crippen LogP contribution in [0.1, 0.15) is 5.56 Å². The minimum Gasteiger partial charge on any atom is -0.324 e. The van der Waals surface area contributed by atoms with E-state index >= 15 is 0 Å². The van der Waals surface area contributed by atoms with Gasteiger partial charge in [0.05, 0.1) is 23.0 Å². The third-order valence-corrected chi connectivity index (χ3v) is 5.29. The summed E-state index contributed by atoms with van der Waals surface area (Å²) in [7, 11) is -2.19. The highest BCUT2D eigenvalue weighted by atomic mass is 35.5. The minimum atomic E-state index is -3.57. The number of halogens is 1. The van der Waals surface area contributed by atoms with Crippen LogP contribution >= 0.6 is 11.6 Å². The van der Waals surface area contributed by atoms with Crippen LogP contribution in [0.15, 0.2) is 54.6 Å². The summed E-state index contributed by atoms with van der Waals surface area (Å²) in [5.41, 5.74) is 1.12. The van der Waals surface area contributed by atoms with Crippen molar-refractivity contribution < 1.29 is 13.2 Å². The molecule has 0 aliphatic carbocycles.